The van der Waals surface area contributed by atoms with E-state index in [-0.39, 0.29) is 18.0 Å². The van der Waals surface area contributed by atoms with Gasteiger partial charge in [-0.15, -0.1) is 0 Å². The van der Waals surface area contributed by atoms with Crippen molar-refractivity contribution in [2.75, 3.05) is 26.0 Å². The van der Waals surface area contributed by atoms with Crippen molar-refractivity contribution in [3.63, 3.8) is 0 Å². The van der Waals surface area contributed by atoms with Crippen molar-refractivity contribution in [2.24, 2.45) is 0 Å². The first-order chi connectivity index (χ1) is 12.0. The third kappa shape index (κ3) is 3.99. The Morgan fingerprint density at radius 3 is 2.68 bits per heavy atom. The number of carbonyl (C=O) groups is 2. The zero-order chi connectivity index (χ0) is 17.8. The Kier molecular flexibility index (Phi) is 5.02. The lowest BCUT2D eigenvalue weighted by molar-refractivity contribution is -0.132. The molecule has 1 saturated heterocycles. The Morgan fingerprint density at radius 2 is 2.04 bits per heavy atom. The van der Waals surface area contributed by atoms with Crippen molar-refractivity contribution in [1.82, 2.24) is 19.6 Å². The number of nitrogens with one attached hydrogen (secondary N) is 1. The van der Waals surface area contributed by atoms with Gasteiger partial charge in [-0.25, -0.2) is 4.79 Å². The molecule has 0 saturated carbocycles. The van der Waals surface area contributed by atoms with Gasteiger partial charge in [0.1, 0.15) is 6.04 Å². The maximum atomic E-state index is 12.5. The third-order valence-electron chi connectivity index (χ3n) is 4.35. The van der Waals surface area contributed by atoms with Gasteiger partial charge in [-0.3, -0.25) is 9.48 Å². The molecule has 1 fully saturated rings. The summed E-state index contributed by atoms with van der Waals surface area (Å²) >= 11 is 0. The second kappa shape index (κ2) is 7.38. The molecule has 0 unspecified atom stereocenters. The fraction of sp³-hybridized carbons (Fsp3) is 0.389. The third-order valence-corrected chi connectivity index (χ3v) is 4.35. The summed E-state index contributed by atoms with van der Waals surface area (Å²) in [7, 11) is 3.43. The number of benzene rings is 1. The molecule has 1 aliphatic heterocycles. The van der Waals surface area contributed by atoms with Gasteiger partial charge in [0.25, 0.3) is 0 Å². The zero-order valence-electron chi connectivity index (χ0n) is 14.6. The van der Waals surface area contributed by atoms with E-state index in [9.17, 15) is 9.59 Å². The van der Waals surface area contributed by atoms with E-state index in [0.29, 0.717) is 19.5 Å². The van der Waals surface area contributed by atoms with Crippen LogP contribution in [0.5, 0.6) is 0 Å². The number of carbonyl (C=O) groups excluding carboxylic acids is 2. The van der Waals surface area contributed by atoms with Crippen LogP contribution in [0, 0.1) is 0 Å². The van der Waals surface area contributed by atoms with Crippen LogP contribution < -0.4 is 5.32 Å². The predicted molar refractivity (Wildman–Crippen MR) is 95.2 cm³/mol. The summed E-state index contributed by atoms with van der Waals surface area (Å²) in [6, 6.07) is 8.96. The van der Waals surface area contributed by atoms with Crippen molar-refractivity contribution >= 4 is 17.6 Å². The molecule has 3 amide bonds. The van der Waals surface area contributed by atoms with E-state index < -0.39 is 0 Å². The molecule has 2 aromatic rings. The van der Waals surface area contributed by atoms with Crippen LogP contribution in [0.4, 0.5) is 10.5 Å². The summed E-state index contributed by atoms with van der Waals surface area (Å²) in [5.74, 6) is -0.0257. The molecule has 1 aromatic carbocycles. The Balaban J connectivity index is 1.61. The van der Waals surface area contributed by atoms with Crippen molar-refractivity contribution in [2.45, 2.75) is 25.4 Å². The number of hydrogen-bond acceptors (Lipinski definition) is 3. The van der Waals surface area contributed by atoms with E-state index in [1.807, 2.05) is 41.2 Å². The molecule has 0 bridgehead atoms. The van der Waals surface area contributed by atoms with Crippen molar-refractivity contribution in [3.8, 4) is 0 Å². The Hall–Kier alpha value is -2.83. The number of aromatic nitrogens is 2. The highest BCUT2D eigenvalue weighted by Crippen LogP contribution is 2.20. The van der Waals surface area contributed by atoms with Crippen molar-refractivity contribution < 1.29 is 9.59 Å². The SMILES string of the molecule is CN(C)C(=O)[C@@H]1CCCN1C(=O)Nc1ccc(Cn2cccn2)cc1. The second-order valence-corrected chi connectivity index (χ2v) is 6.41. The molecule has 7 heteroatoms. The number of nitrogens with zero attached hydrogens (tertiary/aromatic N) is 4. The molecule has 0 radical (unpaired) electrons. The van der Waals surface area contributed by atoms with Crippen LogP contribution in [0.3, 0.4) is 0 Å². The summed E-state index contributed by atoms with van der Waals surface area (Å²) in [5.41, 5.74) is 1.82. The Labute approximate surface area is 147 Å². The molecule has 2 heterocycles. The number of likely N-dealkylation sites (tertiary alicyclic amines) is 1. The van der Waals surface area contributed by atoms with E-state index in [4.69, 9.17) is 0 Å². The molecule has 0 aliphatic carbocycles. The molecule has 132 valence electrons. The van der Waals surface area contributed by atoms with Crippen molar-refractivity contribution in [1.29, 1.82) is 0 Å². The molecule has 1 atom stereocenters. The van der Waals surface area contributed by atoms with E-state index >= 15 is 0 Å². The van der Waals surface area contributed by atoms with Crippen LogP contribution in [0.2, 0.25) is 0 Å². The summed E-state index contributed by atoms with van der Waals surface area (Å²) in [4.78, 5) is 27.9. The summed E-state index contributed by atoms with van der Waals surface area (Å²) in [6.45, 7) is 1.29. The number of amides is 3. The standard InChI is InChI=1S/C18H23N5O2/c1-21(2)17(24)16-5-3-12-23(16)18(25)20-15-8-6-14(7-9-15)13-22-11-4-10-19-22/h4,6-11,16H,3,5,12-13H2,1-2H3,(H,20,25)/t16-/m0/s1. The quantitative estimate of drug-likeness (QED) is 0.925. The lowest BCUT2D eigenvalue weighted by Gasteiger charge is -2.26. The van der Waals surface area contributed by atoms with Gasteiger partial charge in [0.2, 0.25) is 5.91 Å². The first-order valence-corrected chi connectivity index (χ1v) is 8.40. The average molecular weight is 341 g/mol. The summed E-state index contributed by atoms with van der Waals surface area (Å²) in [5, 5.41) is 7.07. The maximum Gasteiger partial charge on any atom is 0.322 e. The minimum Gasteiger partial charge on any atom is -0.347 e. The number of rotatable bonds is 4. The molecule has 1 aliphatic rings. The summed E-state index contributed by atoms with van der Waals surface area (Å²) in [6.07, 6.45) is 5.22. The number of likely N-dealkylation sites (N-methyl/N-ethyl adjacent to an activating group) is 1. The van der Waals surface area contributed by atoms with Crippen LogP contribution in [0.25, 0.3) is 0 Å². The Morgan fingerprint density at radius 1 is 1.28 bits per heavy atom. The highest BCUT2D eigenvalue weighted by Gasteiger charge is 2.34. The van der Waals surface area contributed by atoms with Crippen LogP contribution in [-0.4, -0.2) is 58.2 Å². The molecular formula is C18H23N5O2. The van der Waals surface area contributed by atoms with Crippen molar-refractivity contribution in [3.05, 3.63) is 48.3 Å². The number of urea groups is 1. The molecule has 0 spiro atoms. The zero-order valence-corrected chi connectivity index (χ0v) is 14.6. The van der Waals surface area contributed by atoms with Gasteiger partial charge in [-0.2, -0.15) is 5.10 Å². The van der Waals surface area contributed by atoms with Gasteiger partial charge in [0.05, 0.1) is 6.54 Å². The van der Waals surface area contributed by atoms with Crippen LogP contribution in [-0.2, 0) is 11.3 Å². The second-order valence-electron chi connectivity index (χ2n) is 6.41. The first-order valence-electron chi connectivity index (χ1n) is 8.40. The van der Waals surface area contributed by atoms with E-state index in [1.165, 1.54) is 0 Å². The lowest BCUT2D eigenvalue weighted by atomic mass is 10.2. The smallest absolute Gasteiger partial charge is 0.322 e. The van der Waals surface area contributed by atoms with Gasteiger partial charge in [0, 0.05) is 38.7 Å². The number of hydrogen-bond donors (Lipinski definition) is 1. The maximum absolute atomic E-state index is 12.5. The van der Waals surface area contributed by atoms with E-state index in [0.717, 1.165) is 17.7 Å². The van der Waals surface area contributed by atoms with Gasteiger partial charge < -0.3 is 15.1 Å². The van der Waals surface area contributed by atoms with Gasteiger partial charge in [0.15, 0.2) is 0 Å². The fourth-order valence-electron chi connectivity index (χ4n) is 3.03. The Bertz CT molecular complexity index is 724. The molecular weight excluding hydrogens is 318 g/mol. The van der Waals surface area contributed by atoms with Crippen LogP contribution >= 0.6 is 0 Å². The fourth-order valence-corrected chi connectivity index (χ4v) is 3.03. The van der Waals surface area contributed by atoms with Crippen LogP contribution in [0.15, 0.2) is 42.7 Å². The largest absolute Gasteiger partial charge is 0.347 e. The van der Waals surface area contributed by atoms with E-state index in [2.05, 4.69) is 10.4 Å². The monoisotopic (exact) mass is 341 g/mol. The van der Waals surface area contributed by atoms with Gasteiger partial charge >= 0.3 is 6.03 Å². The minimum atomic E-state index is -0.367. The van der Waals surface area contributed by atoms with Gasteiger partial charge in [-0.05, 0) is 36.6 Å². The van der Waals surface area contributed by atoms with Gasteiger partial charge in [-0.1, -0.05) is 12.1 Å². The first kappa shape index (κ1) is 17.0. The topological polar surface area (TPSA) is 70.5 Å². The lowest BCUT2D eigenvalue weighted by Crippen LogP contribution is -2.47. The molecule has 1 N–H and O–H groups in total. The predicted octanol–water partition coefficient (Wildman–Crippen LogP) is 2.02. The molecule has 7 nitrogen and oxygen atoms in total. The highest BCUT2D eigenvalue weighted by atomic mass is 16.2. The summed E-state index contributed by atoms with van der Waals surface area (Å²) < 4.78 is 1.84. The molecule has 25 heavy (non-hydrogen) atoms. The minimum absolute atomic E-state index is 0.0257. The normalized spacial score (nSPS) is 16.7. The molecule has 3 rings (SSSR count). The molecule has 1 aromatic heterocycles. The number of anilines is 1. The highest BCUT2D eigenvalue weighted by molar-refractivity contribution is 5.94. The van der Waals surface area contributed by atoms with Crippen LogP contribution in [0.1, 0.15) is 18.4 Å². The van der Waals surface area contributed by atoms with E-state index in [1.54, 1.807) is 30.1 Å². The average Bonchev–Trinajstić information content (AvgIpc) is 3.27.